The van der Waals surface area contributed by atoms with Gasteiger partial charge in [-0.15, -0.1) is 0 Å². The molecule has 0 aliphatic heterocycles. The van der Waals surface area contributed by atoms with Crippen LogP contribution in [0.5, 0.6) is 0 Å². The molecule has 0 fully saturated rings. The molecule has 1 rings (SSSR count). The Bertz CT molecular complexity index is 520. The maximum absolute atomic E-state index is 12.1. The number of hydrogen-bond acceptors (Lipinski definition) is 3. The van der Waals surface area contributed by atoms with Crippen LogP contribution in [0.25, 0.3) is 0 Å². The van der Waals surface area contributed by atoms with E-state index in [2.05, 4.69) is 26.0 Å². The highest BCUT2D eigenvalue weighted by molar-refractivity contribution is 7.91. The highest BCUT2D eigenvalue weighted by Crippen LogP contribution is 2.17. The van der Waals surface area contributed by atoms with E-state index in [4.69, 9.17) is 5.73 Å². The smallest absolute Gasteiger partial charge is 0.152 e. The molecule has 0 heterocycles. The number of nitrogens with two attached hydrogens (primary N) is 1. The zero-order valence-corrected chi connectivity index (χ0v) is 14.5. The average molecular weight is 311 g/mol. The van der Waals surface area contributed by atoms with Gasteiger partial charge in [-0.2, -0.15) is 0 Å². The van der Waals surface area contributed by atoms with E-state index in [-0.39, 0.29) is 17.4 Å². The second kappa shape index (κ2) is 7.95. The monoisotopic (exact) mass is 311 g/mol. The van der Waals surface area contributed by atoms with Crippen molar-refractivity contribution in [2.75, 3.05) is 11.5 Å². The molecule has 0 aliphatic carbocycles. The topological polar surface area (TPSA) is 60.2 Å². The molecule has 0 amide bonds. The number of sulfone groups is 1. The Balaban J connectivity index is 2.69. The van der Waals surface area contributed by atoms with Crippen LogP contribution in [0.1, 0.15) is 51.3 Å². The van der Waals surface area contributed by atoms with Crippen molar-refractivity contribution in [3.63, 3.8) is 0 Å². The lowest BCUT2D eigenvalue weighted by atomic mass is 10.0. The molecule has 2 N–H and O–H groups in total. The van der Waals surface area contributed by atoms with Gasteiger partial charge in [0.05, 0.1) is 11.5 Å². The van der Waals surface area contributed by atoms with Gasteiger partial charge in [0.2, 0.25) is 0 Å². The minimum absolute atomic E-state index is 0.0286. The molecule has 0 aliphatic rings. The molecule has 2 unspecified atom stereocenters. The van der Waals surface area contributed by atoms with Crippen molar-refractivity contribution in [1.82, 2.24) is 0 Å². The van der Waals surface area contributed by atoms with Crippen LogP contribution >= 0.6 is 0 Å². The summed E-state index contributed by atoms with van der Waals surface area (Å²) in [6, 6.07) is 7.59. The van der Waals surface area contributed by atoms with Crippen molar-refractivity contribution < 1.29 is 8.42 Å². The van der Waals surface area contributed by atoms with Gasteiger partial charge >= 0.3 is 0 Å². The van der Waals surface area contributed by atoms with Gasteiger partial charge in [0.25, 0.3) is 0 Å². The largest absolute Gasteiger partial charge is 0.323 e. The summed E-state index contributed by atoms with van der Waals surface area (Å²) in [5.41, 5.74) is 8.24. The SMILES string of the molecule is CCC(C)CS(=O)(=O)CC(N)c1ccc(CC(C)C)cc1. The van der Waals surface area contributed by atoms with Gasteiger partial charge in [-0.25, -0.2) is 8.42 Å². The molecular formula is C17H29NO2S. The predicted octanol–water partition coefficient (Wildman–Crippen LogP) is 3.35. The molecule has 0 saturated heterocycles. The van der Waals surface area contributed by atoms with Crippen molar-refractivity contribution >= 4 is 9.84 Å². The Hall–Kier alpha value is -0.870. The van der Waals surface area contributed by atoms with Crippen molar-refractivity contribution in [2.45, 2.75) is 46.6 Å². The van der Waals surface area contributed by atoms with Crippen LogP contribution in [0.15, 0.2) is 24.3 Å². The zero-order chi connectivity index (χ0) is 16.0. The molecule has 0 spiro atoms. The first-order valence-corrected chi connectivity index (χ1v) is 9.60. The molecule has 120 valence electrons. The van der Waals surface area contributed by atoms with E-state index in [1.54, 1.807) is 0 Å². The van der Waals surface area contributed by atoms with Crippen LogP contribution < -0.4 is 5.73 Å². The number of hydrogen-bond donors (Lipinski definition) is 1. The third-order valence-electron chi connectivity index (χ3n) is 3.72. The Morgan fingerprint density at radius 3 is 2.10 bits per heavy atom. The van der Waals surface area contributed by atoms with Gasteiger partial charge in [0.15, 0.2) is 9.84 Å². The standard InChI is InChI=1S/C17H29NO2S/c1-5-14(4)11-21(19,20)12-17(18)16-8-6-15(7-9-16)10-13(2)3/h6-9,13-14,17H,5,10-12,18H2,1-4H3. The first-order valence-electron chi connectivity index (χ1n) is 7.78. The molecule has 1 aromatic rings. The molecule has 21 heavy (non-hydrogen) atoms. The summed E-state index contributed by atoms with van der Waals surface area (Å²) in [6.07, 6.45) is 1.90. The highest BCUT2D eigenvalue weighted by Gasteiger charge is 2.20. The molecule has 2 atom stereocenters. The minimum Gasteiger partial charge on any atom is -0.323 e. The lowest BCUT2D eigenvalue weighted by Crippen LogP contribution is -2.25. The first-order chi connectivity index (χ1) is 9.73. The van der Waals surface area contributed by atoms with Crippen LogP contribution in [0, 0.1) is 11.8 Å². The summed E-state index contributed by atoms with van der Waals surface area (Å²) < 4.78 is 24.2. The van der Waals surface area contributed by atoms with Gasteiger partial charge in [0, 0.05) is 6.04 Å². The van der Waals surface area contributed by atoms with Crippen molar-refractivity contribution in [1.29, 1.82) is 0 Å². The Morgan fingerprint density at radius 2 is 1.62 bits per heavy atom. The van der Waals surface area contributed by atoms with Crippen LogP contribution in [-0.2, 0) is 16.3 Å². The van der Waals surface area contributed by atoms with E-state index >= 15 is 0 Å². The maximum Gasteiger partial charge on any atom is 0.152 e. The third kappa shape index (κ3) is 6.62. The quantitative estimate of drug-likeness (QED) is 0.801. The molecule has 0 bridgehead atoms. The summed E-state index contributed by atoms with van der Waals surface area (Å²) in [5, 5.41) is 0. The van der Waals surface area contributed by atoms with Crippen LogP contribution in [0.3, 0.4) is 0 Å². The third-order valence-corrected chi connectivity index (χ3v) is 5.66. The molecule has 3 nitrogen and oxygen atoms in total. The molecule has 4 heteroatoms. The lowest BCUT2D eigenvalue weighted by molar-refractivity contribution is 0.559. The average Bonchev–Trinajstić information content (AvgIpc) is 2.37. The highest BCUT2D eigenvalue weighted by atomic mass is 32.2. The summed E-state index contributed by atoms with van der Waals surface area (Å²) in [4.78, 5) is 0. The number of rotatable bonds is 8. The second-order valence-electron chi connectivity index (χ2n) is 6.54. The molecule has 0 radical (unpaired) electrons. The first kappa shape index (κ1) is 18.2. The number of benzene rings is 1. The van der Waals surface area contributed by atoms with Crippen molar-refractivity contribution in [2.24, 2.45) is 17.6 Å². The Labute approximate surface area is 129 Å². The van der Waals surface area contributed by atoms with Crippen LogP contribution in [0.4, 0.5) is 0 Å². The van der Waals surface area contributed by atoms with E-state index in [1.807, 2.05) is 26.0 Å². The van der Waals surface area contributed by atoms with Gasteiger partial charge in [-0.1, -0.05) is 58.4 Å². The minimum atomic E-state index is -3.09. The van der Waals surface area contributed by atoms with Gasteiger partial charge in [0.1, 0.15) is 0 Å². The van der Waals surface area contributed by atoms with E-state index in [0.717, 1.165) is 18.4 Å². The fraction of sp³-hybridized carbons (Fsp3) is 0.647. The summed E-state index contributed by atoms with van der Waals surface area (Å²) in [6.45, 7) is 8.33. The second-order valence-corrected chi connectivity index (χ2v) is 8.69. The van der Waals surface area contributed by atoms with E-state index in [0.29, 0.717) is 5.92 Å². The van der Waals surface area contributed by atoms with E-state index < -0.39 is 15.9 Å². The van der Waals surface area contributed by atoms with Gasteiger partial charge < -0.3 is 5.73 Å². The van der Waals surface area contributed by atoms with Crippen molar-refractivity contribution in [3.8, 4) is 0 Å². The van der Waals surface area contributed by atoms with Crippen LogP contribution in [-0.4, -0.2) is 19.9 Å². The zero-order valence-electron chi connectivity index (χ0n) is 13.7. The van der Waals surface area contributed by atoms with Crippen LogP contribution in [0.2, 0.25) is 0 Å². The fourth-order valence-corrected chi connectivity index (χ4v) is 4.34. The fourth-order valence-electron chi connectivity index (χ4n) is 2.36. The molecule has 0 saturated carbocycles. The summed E-state index contributed by atoms with van der Waals surface area (Å²) in [7, 11) is -3.09. The van der Waals surface area contributed by atoms with Gasteiger partial charge in [-0.05, 0) is 29.4 Å². The van der Waals surface area contributed by atoms with Crippen molar-refractivity contribution in [3.05, 3.63) is 35.4 Å². The van der Waals surface area contributed by atoms with E-state index in [1.165, 1.54) is 5.56 Å². The molecular weight excluding hydrogens is 282 g/mol. The van der Waals surface area contributed by atoms with Gasteiger partial charge in [-0.3, -0.25) is 0 Å². The predicted molar refractivity (Wildman–Crippen MR) is 90.0 cm³/mol. The maximum atomic E-state index is 12.1. The Morgan fingerprint density at radius 1 is 1.05 bits per heavy atom. The normalized spacial score (nSPS) is 15.1. The molecule has 1 aromatic carbocycles. The summed E-state index contributed by atoms with van der Waals surface area (Å²) in [5.74, 6) is 1.06. The summed E-state index contributed by atoms with van der Waals surface area (Å²) >= 11 is 0. The lowest BCUT2D eigenvalue weighted by Gasteiger charge is -2.15. The Kier molecular flexibility index (Phi) is 6.88. The van der Waals surface area contributed by atoms with E-state index in [9.17, 15) is 8.42 Å². The molecule has 0 aromatic heterocycles.